The average Bonchev–Trinajstić information content (AvgIpc) is 2.89. The van der Waals surface area contributed by atoms with E-state index in [1.54, 1.807) is 6.92 Å². The number of carbonyl (C=O) groups excluding carboxylic acids is 1. The van der Waals surface area contributed by atoms with E-state index in [0.29, 0.717) is 18.4 Å². The second kappa shape index (κ2) is 5.17. The molecule has 0 bridgehead atoms. The van der Waals surface area contributed by atoms with Gasteiger partial charge in [-0.3, -0.25) is 4.79 Å². The minimum Gasteiger partial charge on any atom is -0.388 e. The van der Waals surface area contributed by atoms with Gasteiger partial charge in [0, 0.05) is 12.5 Å². The van der Waals surface area contributed by atoms with E-state index in [2.05, 4.69) is 26.1 Å². The van der Waals surface area contributed by atoms with Crippen molar-refractivity contribution in [3.05, 3.63) is 0 Å². The topological polar surface area (TPSA) is 49.3 Å². The summed E-state index contributed by atoms with van der Waals surface area (Å²) in [6.07, 6.45) is 2.73. The summed E-state index contributed by atoms with van der Waals surface area (Å²) < 4.78 is 0. The molecule has 0 aromatic carbocycles. The highest BCUT2D eigenvalue weighted by molar-refractivity contribution is 5.81. The minimum absolute atomic E-state index is 0.109. The lowest BCUT2D eigenvalue weighted by atomic mass is 9.95. The summed E-state index contributed by atoms with van der Waals surface area (Å²) in [6, 6.07) is 0. The summed E-state index contributed by atoms with van der Waals surface area (Å²) in [5.74, 6) is 1.42. The molecule has 0 unspecified atom stereocenters. The molecule has 0 spiro atoms. The van der Waals surface area contributed by atoms with Crippen molar-refractivity contribution in [2.24, 2.45) is 17.8 Å². The molecule has 2 N–H and O–H groups in total. The zero-order valence-electron chi connectivity index (χ0n) is 10.9. The van der Waals surface area contributed by atoms with E-state index in [4.69, 9.17) is 0 Å². The maximum absolute atomic E-state index is 11.6. The van der Waals surface area contributed by atoms with Crippen molar-refractivity contribution in [1.82, 2.24) is 5.32 Å². The van der Waals surface area contributed by atoms with Crippen LogP contribution in [0.25, 0.3) is 0 Å². The van der Waals surface area contributed by atoms with Crippen molar-refractivity contribution in [1.29, 1.82) is 0 Å². The smallest absolute Gasteiger partial charge is 0.223 e. The Morgan fingerprint density at radius 3 is 2.56 bits per heavy atom. The van der Waals surface area contributed by atoms with Crippen LogP contribution in [0.1, 0.15) is 47.0 Å². The molecular weight excluding hydrogens is 202 g/mol. The maximum atomic E-state index is 11.6. The van der Waals surface area contributed by atoms with Gasteiger partial charge in [0.15, 0.2) is 0 Å². The molecule has 3 nitrogen and oxygen atoms in total. The number of hydrogen-bond acceptors (Lipinski definition) is 2. The first-order valence-corrected chi connectivity index (χ1v) is 6.32. The second-order valence-electron chi connectivity index (χ2n) is 5.97. The molecule has 1 saturated carbocycles. The number of carbonyl (C=O) groups is 1. The highest BCUT2D eigenvalue weighted by Crippen LogP contribution is 2.37. The third kappa shape index (κ3) is 4.52. The van der Waals surface area contributed by atoms with Gasteiger partial charge in [0.2, 0.25) is 5.91 Å². The van der Waals surface area contributed by atoms with E-state index in [9.17, 15) is 9.90 Å². The fourth-order valence-electron chi connectivity index (χ4n) is 1.78. The molecule has 16 heavy (non-hydrogen) atoms. The standard InChI is InChI=1S/C13H25NO2/c1-9(2)5-6-13(4,16)8-14-12(15)11-7-10(11)3/h9-11,16H,5-8H2,1-4H3,(H,14,15)/t10-,11-,13-/m0/s1. The lowest BCUT2D eigenvalue weighted by Gasteiger charge is -2.24. The third-order valence-corrected chi connectivity index (χ3v) is 3.35. The molecule has 0 heterocycles. The molecule has 3 heteroatoms. The molecule has 0 aliphatic heterocycles. The maximum Gasteiger partial charge on any atom is 0.223 e. The van der Waals surface area contributed by atoms with Crippen molar-refractivity contribution in [2.45, 2.75) is 52.6 Å². The quantitative estimate of drug-likeness (QED) is 0.728. The molecule has 1 aliphatic rings. The van der Waals surface area contributed by atoms with E-state index in [-0.39, 0.29) is 11.8 Å². The number of nitrogens with one attached hydrogen (secondary N) is 1. The summed E-state index contributed by atoms with van der Waals surface area (Å²) in [7, 11) is 0. The number of amides is 1. The van der Waals surface area contributed by atoms with Gasteiger partial charge in [0.25, 0.3) is 0 Å². The molecule has 94 valence electrons. The van der Waals surface area contributed by atoms with E-state index < -0.39 is 5.60 Å². The van der Waals surface area contributed by atoms with Crippen LogP contribution >= 0.6 is 0 Å². The van der Waals surface area contributed by atoms with Gasteiger partial charge in [-0.15, -0.1) is 0 Å². The first kappa shape index (κ1) is 13.5. The Balaban J connectivity index is 2.21. The summed E-state index contributed by atoms with van der Waals surface area (Å²) in [5.41, 5.74) is -0.766. The molecular formula is C13H25NO2. The van der Waals surface area contributed by atoms with Gasteiger partial charge in [-0.2, -0.15) is 0 Å². The third-order valence-electron chi connectivity index (χ3n) is 3.35. The summed E-state index contributed by atoms with van der Waals surface area (Å²) in [4.78, 5) is 11.6. The molecule has 0 aromatic heterocycles. The molecule has 0 radical (unpaired) electrons. The molecule has 1 rings (SSSR count). The second-order valence-corrected chi connectivity index (χ2v) is 5.97. The summed E-state index contributed by atoms with van der Waals surface area (Å²) in [6.45, 7) is 8.54. The van der Waals surface area contributed by atoms with Crippen molar-refractivity contribution < 1.29 is 9.90 Å². The Hall–Kier alpha value is -0.570. The van der Waals surface area contributed by atoms with Crippen LogP contribution in [0.4, 0.5) is 0 Å². The lowest BCUT2D eigenvalue weighted by molar-refractivity contribution is -0.123. The van der Waals surface area contributed by atoms with E-state index in [1.807, 2.05) is 0 Å². The van der Waals surface area contributed by atoms with Gasteiger partial charge in [0.05, 0.1) is 5.60 Å². The summed E-state index contributed by atoms with van der Waals surface area (Å²) in [5, 5.41) is 12.9. The predicted octanol–water partition coefficient (Wildman–Crippen LogP) is 1.95. The fraction of sp³-hybridized carbons (Fsp3) is 0.923. The first-order valence-electron chi connectivity index (χ1n) is 6.32. The van der Waals surface area contributed by atoms with Gasteiger partial charge in [-0.1, -0.05) is 20.8 Å². The normalized spacial score (nSPS) is 27.6. The number of hydrogen-bond donors (Lipinski definition) is 2. The zero-order valence-corrected chi connectivity index (χ0v) is 10.9. The molecule has 0 saturated heterocycles. The minimum atomic E-state index is -0.766. The average molecular weight is 227 g/mol. The Bertz CT molecular complexity index is 248. The SMILES string of the molecule is CC(C)CC[C@](C)(O)CNC(=O)[C@H]1C[C@@H]1C. The van der Waals surface area contributed by atoms with E-state index in [1.165, 1.54) is 0 Å². The molecule has 1 amide bonds. The van der Waals surface area contributed by atoms with E-state index >= 15 is 0 Å². The van der Waals surface area contributed by atoms with Gasteiger partial charge in [-0.05, 0) is 38.0 Å². The van der Waals surface area contributed by atoms with Gasteiger partial charge in [-0.25, -0.2) is 0 Å². The first-order chi connectivity index (χ1) is 7.32. The van der Waals surface area contributed by atoms with Gasteiger partial charge < -0.3 is 10.4 Å². The highest BCUT2D eigenvalue weighted by atomic mass is 16.3. The largest absolute Gasteiger partial charge is 0.388 e. The van der Waals surface area contributed by atoms with Crippen LogP contribution in [0, 0.1) is 17.8 Å². The molecule has 1 fully saturated rings. The van der Waals surface area contributed by atoms with Crippen molar-refractivity contribution in [3.8, 4) is 0 Å². The number of rotatable bonds is 6. The van der Waals surface area contributed by atoms with Crippen LogP contribution in [0.2, 0.25) is 0 Å². The van der Waals surface area contributed by atoms with Crippen LogP contribution in [0.5, 0.6) is 0 Å². The van der Waals surface area contributed by atoms with Gasteiger partial charge in [0.1, 0.15) is 0 Å². The van der Waals surface area contributed by atoms with Crippen LogP contribution in [-0.4, -0.2) is 23.2 Å². The van der Waals surface area contributed by atoms with Crippen LogP contribution in [-0.2, 0) is 4.79 Å². The van der Waals surface area contributed by atoms with E-state index in [0.717, 1.165) is 19.3 Å². The van der Waals surface area contributed by atoms with Crippen LogP contribution in [0.15, 0.2) is 0 Å². The van der Waals surface area contributed by atoms with Crippen molar-refractivity contribution in [3.63, 3.8) is 0 Å². The van der Waals surface area contributed by atoms with Crippen molar-refractivity contribution >= 4 is 5.91 Å². The molecule has 1 aliphatic carbocycles. The van der Waals surface area contributed by atoms with Gasteiger partial charge >= 0.3 is 0 Å². The number of aliphatic hydroxyl groups is 1. The Labute approximate surface area is 98.6 Å². The van der Waals surface area contributed by atoms with Crippen molar-refractivity contribution in [2.75, 3.05) is 6.54 Å². The Morgan fingerprint density at radius 1 is 1.56 bits per heavy atom. The van der Waals surface area contributed by atoms with Crippen LogP contribution in [0.3, 0.4) is 0 Å². The lowest BCUT2D eigenvalue weighted by Crippen LogP contribution is -2.41. The fourth-order valence-corrected chi connectivity index (χ4v) is 1.78. The Morgan fingerprint density at radius 2 is 2.12 bits per heavy atom. The highest BCUT2D eigenvalue weighted by Gasteiger charge is 2.39. The Kier molecular flexibility index (Phi) is 4.36. The summed E-state index contributed by atoms with van der Waals surface area (Å²) >= 11 is 0. The van der Waals surface area contributed by atoms with Crippen LogP contribution < -0.4 is 5.32 Å². The molecule has 0 aromatic rings. The predicted molar refractivity (Wildman–Crippen MR) is 65.0 cm³/mol. The zero-order chi connectivity index (χ0) is 12.3. The monoisotopic (exact) mass is 227 g/mol. The molecule has 3 atom stereocenters.